The molecule has 13 rings (SSSR count). The van der Waals surface area contributed by atoms with Crippen molar-refractivity contribution in [3.05, 3.63) is 212 Å². The predicted molar refractivity (Wildman–Crippen MR) is 267 cm³/mol. The van der Waals surface area contributed by atoms with Crippen LogP contribution in [0.15, 0.2) is 197 Å². The van der Waals surface area contributed by atoms with Crippen LogP contribution in [0, 0.1) is 24.9 Å². The average Bonchev–Trinajstić information content (AvgIpc) is 3.98. The van der Waals surface area contributed by atoms with Crippen LogP contribution >= 0.6 is 0 Å². The smallest absolute Gasteiger partial charge is 0.135 e. The van der Waals surface area contributed by atoms with Gasteiger partial charge in [0.05, 0.1) is 5.48 Å². The van der Waals surface area contributed by atoms with E-state index in [0.717, 1.165) is 38.8 Å². The molecule has 0 saturated carbocycles. The third-order valence-electron chi connectivity index (χ3n) is 11.7. The average molecular weight is 1040 g/mol. The zero-order valence-electron chi connectivity index (χ0n) is 44.6. The molecule has 0 fully saturated rings. The Bertz CT molecular complexity index is 4440. The Morgan fingerprint density at radius 3 is 2.20 bits per heavy atom. The van der Waals surface area contributed by atoms with Crippen molar-refractivity contribution in [3.8, 4) is 22.5 Å². The number of para-hydroxylation sites is 3. The number of pyridine rings is 1. The Morgan fingerprint density at radius 2 is 1.41 bits per heavy atom. The normalized spacial score (nSPS) is 14.0. The molecule has 1 aliphatic heterocycles. The molecule has 1 aliphatic rings. The van der Waals surface area contributed by atoms with E-state index in [1.807, 2.05) is 128 Å². The van der Waals surface area contributed by atoms with Crippen molar-refractivity contribution in [1.82, 2.24) is 18.5 Å². The van der Waals surface area contributed by atoms with E-state index in [-0.39, 0.29) is 66.8 Å². The fourth-order valence-corrected chi connectivity index (χ4v) is 8.90. The number of aryl methyl sites for hydroxylation is 1. The van der Waals surface area contributed by atoms with Gasteiger partial charge in [0.1, 0.15) is 16.8 Å². The standard InChI is InChI=1S/C59H43N4O2.Pt/c1-38(2)28-40-30-51(41-14-5-4-6-15-41)59-52(31-40)42-16-11-19-45(32-42)64-46-20-12-17-43(33-46)53-36-60-58(29-39(53)3)63-54-23-8-7-22-49(54)50-27-26-48(35-57(50)63)65-47-21-13-18-44(34-47)61-37-62(59)56-25-10-9-24-55(56)61;/h4-27,29-33,36-38H,28H2,1-3H3;/q-3;/i3D3,7D,8D,22D,23D,28D2;. The first-order chi connectivity index (χ1) is 35.5. The zero-order valence-corrected chi connectivity index (χ0v) is 37.9. The Morgan fingerprint density at radius 1 is 0.682 bits per heavy atom. The number of benzene rings is 8. The molecule has 0 spiro atoms. The number of nitrogens with zero attached hydrogens (tertiary/aromatic N) is 4. The molecule has 5 heterocycles. The molecule has 7 heteroatoms. The molecular weight excluding hydrogens is 992 g/mol. The second kappa shape index (κ2) is 16.8. The molecular formula is C59H43N4O2Pt-3. The maximum atomic E-state index is 9.44. The molecule has 0 saturated heterocycles. The van der Waals surface area contributed by atoms with E-state index in [1.165, 1.54) is 16.7 Å². The summed E-state index contributed by atoms with van der Waals surface area (Å²) in [5.41, 5.74) is 7.25. The van der Waals surface area contributed by atoms with E-state index in [1.54, 1.807) is 42.5 Å². The van der Waals surface area contributed by atoms with Crippen molar-refractivity contribution >= 4 is 82.4 Å². The molecule has 6 nitrogen and oxygen atoms in total. The van der Waals surface area contributed by atoms with Crippen LogP contribution in [0.2, 0.25) is 0 Å². The fraction of sp³-hybridized carbons (Fsp3) is 0.0847. The maximum absolute atomic E-state index is 9.44. The number of imidazole rings is 1. The third-order valence-corrected chi connectivity index (χ3v) is 11.7. The van der Waals surface area contributed by atoms with Crippen LogP contribution in [0.1, 0.15) is 37.3 Å². The van der Waals surface area contributed by atoms with Crippen LogP contribution in [-0.2, 0) is 27.4 Å². The van der Waals surface area contributed by atoms with Crippen LogP contribution in [-0.4, -0.2) is 18.5 Å². The zero-order chi connectivity index (χ0) is 51.4. The van der Waals surface area contributed by atoms with Gasteiger partial charge in [-0.05, 0) is 116 Å². The summed E-state index contributed by atoms with van der Waals surface area (Å²) in [6.07, 6.45) is 1.75. The third kappa shape index (κ3) is 7.28. The topological polar surface area (TPSA) is 53.4 Å². The summed E-state index contributed by atoms with van der Waals surface area (Å²) in [7, 11) is 0. The van der Waals surface area contributed by atoms with Gasteiger partial charge in [-0.2, -0.15) is 24.3 Å². The molecule has 0 N–H and O–H groups in total. The monoisotopic (exact) mass is 1040 g/mol. The second-order valence-electron chi connectivity index (χ2n) is 16.3. The van der Waals surface area contributed by atoms with E-state index in [2.05, 4.69) is 16.7 Å². The molecule has 0 aliphatic carbocycles. The Kier molecular flexibility index (Phi) is 8.19. The predicted octanol–water partition coefficient (Wildman–Crippen LogP) is 15.5. The molecule has 0 atom stereocenters. The minimum Gasteiger partial charge on any atom is -0.510 e. The number of rotatable bonds is 3. The molecule has 0 radical (unpaired) electrons. The molecule has 66 heavy (non-hydrogen) atoms. The fourth-order valence-electron chi connectivity index (χ4n) is 8.90. The number of fused-ring (bicyclic) bond motifs is 5. The van der Waals surface area contributed by atoms with Gasteiger partial charge in [0, 0.05) is 62.5 Å². The van der Waals surface area contributed by atoms with Crippen LogP contribution in [0.5, 0.6) is 0 Å². The molecule has 0 amide bonds. The Hall–Kier alpha value is -7.53. The van der Waals surface area contributed by atoms with Crippen molar-refractivity contribution < 1.29 is 42.2 Å². The van der Waals surface area contributed by atoms with Gasteiger partial charge in [0.25, 0.3) is 0 Å². The quantitative estimate of drug-likeness (QED) is 0.166. The summed E-state index contributed by atoms with van der Waals surface area (Å²) >= 11 is 0. The van der Waals surface area contributed by atoms with Gasteiger partial charge in [-0.15, -0.1) is 29.1 Å². The Labute approximate surface area is 408 Å². The van der Waals surface area contributed by atoms with Crippen LogP contribution < -0.4 is 0 Å². The summed E-state index contributed by atoms with van der Waals surface area (Å²) in [5.74, 6) is -0.358. The van der Waals surface area contributed by atoms with Gasteiger partial charge in [-0.3, -0.25) is 0 Å². The summed E-state index contributed by atoms with van der Waals surface area (Å²) in [4.78, 5) is 4.82. The Balaban J connectivity index is 0.00000602. The van der Waals surface area contributed by atoms with Gasteiger partial charge in [0.2, 0.25) is 0 Å². The first kappa shape index (κ1) is 32.2. The largest absolute Gasteiger partial charge is 0.510 e. The van der Waals surface area contributed by atoms with E-state index in [0.29, 0.717) is 49.5 Å². The van der Waals surface area contributed by atoms with Gasteiger partial charge >= 0.3 is 0 Å². The van der Waals surface area contributed by atoms with E-state index in [4.69, 9.17) is 23.4 Å². The van der Waals surface area contributed by atoms with Gasteiger partial charge in [0.15, 0.2) is 0 Å². The summed E-state index contributed by atoms with van der Waals surface area (Å²) in [6, 6.07) is 52.3. The van der Waals surface area contributed by atoms with Crippen molar-refractivity contribution in [3.63, 3.8) is 0 Å². The summed E-state index contributed by atoms with van der Waals surface area (Å²) in [5, 5.41) is 2.97. The SMILES string of the molecule is [2H]c1c([2H])c([2H])c2c(c1[2H])c1ccc3[c-]c1n2c1cc(C([2H])([2H])[2H])c(cn1)c1cccc(c1)oc1cccc(c1)c1cc(C([2H])([2H])C(C)C)cc(-c2ccccc2)c1n1[cH-]n(c2[c-]c(ccc2)o3)-c2ccccc2-1.[Pt]. The van der Waals surface area contributed by atoms with Gasteiger partial charge in [-0.1, -0.05) is 128 Å². The van der Waals surface area contributed by atoms with Crippen molar-refractivity contribution in [2.45, 2.75) is 27.1 Å². The number of aromatic nitrogens is 4. The minimum absolute atomic E-state index is 0. The minimum atomic E-state index is -2.67. The molecule has 324 valence electrons. The first-order valence-corrected chi connectivity index (χ1v) is 21.4. The van der Waals surface area contributed by atoms with Crippen molar-refractivity contribution in [1.29, 1.82) is 0 Å². The number of hydrogen-bond donors (Lipinski definition) is 0. The van der Waals surface area contributed by atoms with Crippen LogP contribution in [0.3, 0.4) is 0 Å². The first-order valence-electron chi connectivity index (χ1n) is 25.9. The molecule has 4 aromatic heterocycles. The van der Waals surface area contributed by atoms with E-state index < -0.39 is 25.3 Å². The summed E-state index contributed by atoms with van der Waals surface area (Å²) < 4.78 is 99.7. The van der Waals surface area contributed by atoms with Gasteiger partial charge < -0.3 is 22.4 Å². The number of hydrogen-bond acceptors (Lipinski definition) is 3. The van der Waals surface area contributed by atoms with Crippen LogP contribution in [0.25, 0.3) is 105 Å². The molecule has 0 unspecified atom stereocenters. The maximum Gasteiger partial charge on any atom is 0.135 e. The van der Waals surface area contributed by atoms with E-state index in [9.17, 15) is 2.74 Å². The van der Waals surface area contributed by atoms with Crippen molar-refractivity contribution in [2.75, 3.05) is 0 Å². The molecule has 12 aromatic rings. The molecule has 12 bridgehead atoms. The van der Waals surface area contributed by atoms with Crippen molar-refractivity contribution in [2.24, 2.45) is 5.92 Å². The van der Waals surface area contributed by atoms with Gasteiger partial charge in [-0.25, -0.2) is 4.98 Å². The van der Waals surface area contributed by atoms with Crippen LogP contribution in [0.4, 0.5) is 0 Å². The second-order valence-corrected chi connectivity index (χ2v) is 16.3. The van der Waals surface area contributed by atoms with E-state index >= 15 is 0 Å². The molecule has 8 aromatic carbocycles. The summed E-state index contributed by atoms with van der Waals surface area (Å²) in [6.45, 7) is 1.10.